The molecule has 118 valence electrons. The summed E-state index contributed by atoms with van der Waals surface area (Å²) < 4.78 is 2.06. The van der Waals surface area contributed by atoms with Gasteiger partial charge in [0.2, 0.25) is 0 Å². The molecule has 0 saturated heterocycles. The van der Waals surface area contributed by atoms with Crippen molar-refractivity contribution in [2.45, 2.75) is 6.92 Å². The number of nitriles is 1. The minimum absolute atomic E-state index is 0.381. The zero-order valence-electron chi connectivity index (χ0n) is 13.0. The lowest BCUT2D eigenvalue weighted by molar-refractivity contribution is -0.116. The van der Waals surface area contributed by atoms with Crippen molar-refractivity contribution in [3.05, 3.63) is 65.5 Å². The number of nitrogens with one attached hydrogen (secondary N) is 1. The van der Waals surface area contributed by atoms with Crippen LogP contribution in [-0.4, -0.2) is 15.5 Å². The fourth-order valence-electron chi connectivity index (χ4n) is 2.56. The van der Waals surface area contributed by atoms with Gasteiger partial charge in [0.05, 0.1) is 22.7 Å². The van der Waals surface area contributed by atoms with Crippen molar-refractivity contribution >= 4 is 23.0 Å². The maximum Gasteiger partial charge on any atom is 0.257 e. The Hall–Kier alpha value is -3.43. The molecular formula is C18H15N5O. The van der Waals surface area contributed by atoms with Crippen molar-refractivity contribution in [2.24, 2.45) is 5.84 Å². The molecule has 0 atom stereocenters. The molecule has 2 aromatic heterocycles. The van der Waals surface area contributed by atoms with Gasteiger partial charge in [0.15, 0.2) is 0 Å². The van der Waals surface area contributed by atoms with E-state index in [4.69, 9.17) is 11.1 Å². The highest BCUT2D eigenvalue weighted by atomic mass is 16.2. The van der Waals surface area contributed by atoms with E-state index in [1.807, 2.05) is 36.6 Å². The molecule has 0 aliphatic carbocycles. The fourth-order valence-corrected chi connectivity index (χ4v) is 2.56. The number of fused-ring (bicyclic) bond motifs is 1. The molecule has 0 saturated carbocycles. The molecule has 0 spiro atoms. The van der Waals surface area contributed by atoms with Gasteiger partial charge < -0.3 is 4.57 Å². The normalized spacial score (nSPS) is 10.9. The monoisotopic (exact) mass is 317 g/mol. The third-order valence-electron chi connectivity index (χ3n) is 3.68. The van der Waals surface area contributed by atoms with E-state index in [-0.39, 0.29) is 5.91 Å². The van der Waals surface area contributed by atoms with Crippen molar-refractivity contribution in [3.63, 3.8) is 0 Å². The van der Waals surface area contributed by atoms with Crippen molar-refractivity contribution < 1.29 is 4.79 Å². The Kier molecular flexibility index (Phi) is 4.10. The smallest absolute Gasteiger partial charge is 0.257 e. The number of pyridine rings is 1. The van der Waals surface area contributed by atoms with Gasteiger partial charge in [0.25, 0.3) is 5.91 Å². The van der Waals surface area contributed by atoms with Crippen LogP contribution in [0.1, 0.15) is 16.8 Å². The van der Waals surface area contributed by atoms with E-state index in [1.54, 1.807) is 24.4 Å². The maximum absolute atomic E-state index is 11.2. The lowest BCUT2D eigenvalue weighted by Gasteiger charge is -2.08. The third kappa shape index (κ3) is 2.89. The van der Waals surface area contributed by atoms with E-state index < -0.39 is 0 Å². The van der Waals surface area contributed by atoms with Gasteiger partial charge in [-0.15, -0.1) is 0 Å². The van der Waals surface area contributed by atoms with Gasteiger partial charge in [-0.2, -0.15) is 5.26 Å². The first-order chi connectivity index (χ1) is 11.6. The number of rotatable bonds is 3. The van der Waals surface area contributed by atoms with E-state index in [2.05, 4.69) is 15.6 Å². The average Bonchev–Trinajstić information content (AvgIpc) is 2.94. The van der Waals surface area contributed by atoms with Crippen LogP contribution in [0.2, 0.25) is 0 Å². The number of hydrogen-bond donors (Lipinski definition) is 2. The molecule has 6 nitrogen and oxygen atoms in total. The highest BCUT2D eigenvalue weighted by molar-refractivity contribution is 5.92. The zero-order chi connectivity index (χ0) is 17.1. The van der Waals surface area contributed by atoms with Crippen molar-refractivity contribution in [1.29, 1.82) is 5.26 Å². The van der Waals surface area contributed by atoms with Crippen LogP contribution in [0.3, 0.4) is 0 Å². The Morgan fingerprint density at radius 3 is 2.75 bits per heavy atom. The first-order valence-corrected chi connectivity index (χ1v) is 7.29. The van der Waals surface area contributed by atoms with E-state index in [1.165, 1.54) is 6.08 Å². The number of hydrogen-bond acceptors (Lipinski definition) is 4. The Balaban J connectivity index is 2.09. The Labute approximate surface area is 138 Å². The number of carbonyl (C=O) groups excluding carboxylic acids is 1. The number of carbonyl (C=O) groups is 1. The summed E-state index contributed by atoms with van der Waals surface area (Å²) in [5.74, 6) is 4.68. The zero-order valence-corrected chi connectivity index (χ0v) is 13.0. The van der Waals surface area contributed by atoms with Crippen LogP contribution in [-0.2, 0) is 4.79 Å². The molecule has 2 heterocycles. The van der Waals surface area contributed by atoms with E-state index in [9.17, 15) is 4.79 Å². The molecule has 0 bridgehead atoms. The van der Waals surface area contributed by atoms with Crippen LogP contribution in [0.25, 0.3) is 22.8 Å². The lowest BCUT2D eigenvalue weighted by Crippen LogP contribution is -2.27. The third-order valence-corrected chi connectivity index (χ3v) is 3.68. The van der Waals surface area contributed by atoms with Crippen molar-refractivity contribution in [2.75, 3.05) is 0 Å². The Bertz CT molecular complexity index is 977. The molecule has 1 aromatic carbocycles. The summed E-state index contributed by atoms with van der Waals surface area (Å²) in [6.07, 6.45) is 4.70. The van der Waals surface area contributed by atoms with Gasteiger partial charge in [-0.3, -0.25) is 15.2 Å². The molecule has 0 aliphatic heterocycles. The number of aryl methyl sites for hydroxylation is 1. The number of nitrogens with two attached hydrogens (primary N) is 1. The molecule has 6 heteroatoms. The maximum atomic E-state index is 11.2. The largest absolute Gasteiger partial charge is 0.312 e. The first kappa shape index (κ1) is 15.5. The van der Waals surface area contributed by atoms with Gasteiger partial charge >= 0.3 is 0 Å². The molecular weight excluding hydrogens is 302 g/mol. The molecule has 3 rings (SSSR count). The number of amides is 1. The minimum atomic E-state index is -0.381. The second-order valence-electron chi connectivity index (χ2n) is 5.29. The summed E-state index contributed by atoms with van der Waals surface area (Å²) in [5.41, 5.74) is 7.21. The highest BCUT2D eigenvalue weighted by Crippen LogP contribution is 2.24. The molecule has 0 aliphatic rings. The van der Waals surface area contributed by atoms with Crippen LogP contribution < -0.4 is 11.3 Å². The number of aromatic nitrogens is 2. The molecule has 1 amide bonds. The SMILES string of the molecule is Cc1cc2ncc(/C=C/C(=O)NN)cc2n1-c1ccc(C#N)cc1. The summed E-state index contributed by atoms with van der Waals surface area (Å²) >= 11 is 0. The molecule has 0 fully saturated rings. The number of benzene rings is 1. The molecule has 24 heavy (non-hydrogen) atoms. The quantitative estimate of drug-likeness (QED) is 0.335. The van der Waals surface area contributed by atoms with E-state index >= 15 is 0 Å². The molecule has 0 unspecified atom stereocenters. The topological polar surface area (TPSA) is 96.7 Å². The molecule has 3 N–H and O–H groups in total. The van der Waals surface area contributed by atoms with Crippen molar-refractivity contribution in [3.8, 4) is 11.8 Å². The van der Waals surface area contributed by atoms with Gasteiger partial charge in [-0.05, 0) is 55.0 Å². The highest BCUT2D eigenvalue weighted by Gasteiger charge is 2.09. The van der Waals surface area contributed by atoms with Gasteiger partial charge in [0, 0.05) is 23.7 Å². The number of nitrogens with zero attached hydrogens (tertiary/aromatic N) is 3. The van der Waals surface area contributed by atoms with Crippen LogP contribution in [0.15, 0.2) is 48.7 Å². The minimum Gasteiger partial charge on any atom is -0.312 e. The van der Waals surface area contributed by atoms with Crippen molar-refractivity contribution in [1.82, 2.24) is 15.0 Å². The molecule has 0 radical (unpaired) electrons. The summed E-state index contributed by atoms with van der Waals surface area (Å²) in [6, 6.07) is 13.4. The lowest BCUT2D eigenvalue weighted by atomic mass is 10.2. The standard InChI is InChI=1S/C18H15N5O/c1-12-8-16-17(9-14(11-21-16)4-7-18(24)22-20)23(12)15-5-2-13(10-19)3-6-15/h2-9,11H,20H2,1H3,(H,22,24)/b7-4+. The first-order valence-electron chi connectivity index (χ1n) is 7.29. The molecule has 3 aromatic rings. The van der Waals surface area contributed by atoms with E-state index in [0.29, 0.717) is 5.56 Å². The second-order valence-corrected chi connectivity index (χ2v) is 5.29. The average molecular weight is 317 g/mol. The summed E-state index contributed by atoms with van der Waals surface area (Å²) in [5, 5.41) is 8.93. The fraction of sp³-hybridized carbons (Fsp3) is 0.0556. The predicted octanol–water partition coefficient (Wildman–Crippen LogP) is 2.21. The Morgan fingerprint density at radius 2 is 2.08 bits per heavy atom. The number of hydrazine groups is 1. The second kappa shape index (κ2) is 6.36. The van der Waals surface area contributed by atoms with Gasteiger partial charge in [-0.1, -0.05) is 0 Å². The van der Waals surface area contributed by atoms with E-state index in [0.717, 1.165) is 28.0 Å². The van der Waals surface area contributed by atoms with Crippen LogP contribution in [0.4, 0.5) is 0 Å². The summed E-state index contributed by atoms with van der Waals surface area (Å²) in [6.45, 7) is 2.00. The summed E-state index contributed by atoms with van der Waals surface area (Å²) in [4.78, 5) is 15.7. The predicted molar refractivity (Wildman–Crippen MR) is 91.9 cm³/mol. The van der Waals surface area contributed by atoms with Gasteiger partial charge in [-0.25, -0.2) is 5.84 Å². The van der Waals surface area contributed by atoms with Crippen LogP contribution >= 0.6 is 0 Å². The Morgan fingerprint density at radius 1 is 1.33 bits per heavy atom. The summed E-state index contributed by atoms with van der Waals surface area (Å²) in [7, 11) is 0. The van der Waals surface area contributed by atoms with Gasteiger partial charge in [0.1, 0.15) is 0 Å². The van der Waals surface area contributed by atoms with Crippen LogP contribution in [0, 0.1) is 18.3 Å². The van der Waals surface area contributed by atoms with Crippen LogP contribution in [0.5, 0.6) is 0 Å².